The summed E-state index contributed by atoms with van der Waals surface area (Å²) >= 11 is 1.58. The smallest absolute Gasteiger partial charge is 0.335 e. The second kappa shape index (κ2) is 9.00. The zero-order valence-corrected chi connectivity index (χ0v) is 14.3. The molecule has 0 bridgehead atoms. The fraction of sp³-hybridized carbons (Fsp3) is 0.625. The predicted molar refractivity (Wildman–Crippen MR) is 86.1 cm³/mol. The van der Waals surface area contributed by atoms with Crippen LogP contribution in [0, 0.1) is 0 Å². The van der Waals surface area contributed by atoms with E-state index < -0.39 is 12.1 Å². The largest absolute Gasteiger partial charge is 0.454 e. The highest BCUT2D eigenvalue weighted by molar-refractivity contribution is 7.07. The van der Waals surface area contributed by atoms with Crippen LogP contribution in [0.15, 0.2) is 16.8 Å². The number of amides is 1. The summed E-state index contributed by atoms with van der Waals surface area (Å²) in [6.45, 7) is 2.98. The number of ether oxygens (including phenoxy) is 3. The van der Waals surface area contributed by atoms with Crippen molar-refractivity contribution in [3.05, 3.63) is 22.4 Å². The lowest BCUT2D eigenvalue weighted by Gasteiger charge is -2.18. The molecule has 7 heteroatoms. The average Bonchev–Trinajstić information content (AvgIpc) is 3.23. The molecule has 1 aliphatic rings. The fourth-order valence-corrected chi connectivity index (χ4v) is 2.86. The molecule has 1 fully saturated rings. The molecule has 1 aromatic rings. The molecule has 128 valence electrons. The predicted octanol–water partition coefficient (Wildman–Crippen LogP) is 1.83. The Balaban J connectivity index is 1.64. The van der Waals surface area contributed by atoms with E-state index in [4.69, 9.17) is 14.2 Å². The molecule has 6 nitrogen and oxygen atoms in total. The number of esters is 1. The molecule has 0 N–H and O–H groups in total. The maximum atomic E-state index is 12.0. The number of rotatable bonds is 8. The van der Waals surface area contributed by atoms with Crippen LogP contribution in [0.1, 0.15) is 25.3 Å². The van der Waals surface area contributed by atoms with E-state index in [-0.39, 0.29) is 18.6 Å². The summed E-state index contributed by atoms with van der Waals surface area (Å²) in [6.07, 6.45) is 1.34. The molecule has 2 rings (SSSR count). The molecule has 1 aliphatic heterocycles. The van der Waals surface area contributed by atoms with Crippen molar-refractivity contribution < 1.29 is 23.8 Å². The number of carbonyl (C=O) groups is 2. The van der Waals surface area contributed by atoms with Crippen LogP contribution in [0.2, 0.25) is 0 Å². The van der Waals surface area contributed by atoms with E-state index in [1.165, 1.54) is 4.90 Å². The first kappa shape index (κ1) is 17.9. The fourth-order valence-electron chi connectivity index (χ4n) is 2.20. The van der Waals surface area contributed by atoms with Crippen molar-refractivity contribution in [2.75, 3.05) is 26.9 Å². The van der Waals surface area contributed by atoms with Gasteiger partial charge in [0.2, 0.25) is 0 Å². The Morgan fingerprint density at radius 1 is 1.52 bits per heavy atom. The van der Waals surface area contributed by atoms with Crippen molar-refractivity contribution >= 4 is 23.2 Å². The number of thiophene rings is 1. The molecule has 1 amide bonds. The quantitative estimate of drug-likeness (QED) is 0.675. The molecule has 2 unspecified atom stereocenters. The number of nitrogens with zero attached hydrogens (tertiary/aromatic N) is 1. The van der Waals surface area contributed by atoms with Crippen molar-refractivity contribution in [2.24, 2.45) is 0 Å². The van der Waals surface area contributed by atoms with E-state index >= 15 is 0 Å². The van der Waals surface area contributed by atoms with Crippen LogP contribution >= 0.6 is 11.3 Å². The zero-order chi connectivity index (χ0) is 16.7. The van der Waals surface area contributed by atoms with E-state index in [0.29, 0.717) is 13.2 Å². The highest BCUT2D eigenvalue weighted by atomic mass is 32.1. The highest BCUT2D eigenvalue weighted by Gasteiger charge is 2.22. The lowest BCUT2D eigenvalue weighted by molar-refractivity contribution is -0.162. The first-order valence-corrected chi connectivity index (χ1v) is 8.65. The molecule has 1 aromatic heterocycles. The molecule has 0 aromatic carbocycles. The molecule has 1 saturated heterocycles. The Labute approximate surface area is 140 Å². The van der Waals surface area contributed by atoms with Gasteiger partial charge >= 0.3 is 5.97 Å². The van der Waals surface area contributed by atoms with Gasteiger partial charge in [-0.3, -0.25) is 4.79 Å². The van der Waals surface area contributed by atoms with Gasteiger partial charge in [-0.05, 0) is 42.2 Å². The maximum Gasteiger partial charge on any atom is 0.335 e. The van der Waals surface area contributed by atoms with Gasteiger partial charge in [0.05, 0.1) is 12.7 Å². The minimum atomic E-state index is -0.700. The normalized spacial score (nSPS) is 18.6. The maximum absolute atomic E-state index is 12.0. The first-order valence-electron chi connectivity index (χ1n) is 7.71. The van der Waals surface area contributed by atoms with Gasteiger partial charge in [0.15, 0.2) is 12.7 Å². The summed E-state index contributed by atoms with van der Waals surface area (Å²) in [5, 5.41) is 3.94. The van der Waals surface area contributed by atoms with Crippen LogP contribution in [-0.2, 0) is 30.3 Å². The van der Waals surface area contributed by atoms with Gasteiger partial charge in [-0.15, -0.1) is 0 Å². The van der Waals surface area contributed by atoms with Crippen LogP contribution in [0.4, 0.5) is 0 Å². The van der Waals surface area contributed by atoms with Crippen molar-refractivity contribution in [2.45, 2.75) is 38.5 Å². The van der Waals surface area contributed by atoms with Crippen molar-refractivity contribution in [1.29, 1.82) is 0 Å². The molecular weight excluding hydrogens is 318 g/mol. The van der Waals surface area contributed by atoms with Crippen LogP contribution in [0.3, 0.4) is 0 Å². The Bertz CT molecular complexity index is 499. The topological polar surface area (TPSA) is 65.1 Å². The average molecular weight is 341 g/mol. The summed E-state index contributed by atoms with van der Waals surface area (Å²) in [5.41, 5.74) is 1.06. The first-order chi connectivity index (χ1) is 11.1. The Hall–Kier alpha value is -1.44. The van der Waals surface area contributed by atoms with E-state index in [1.807, 2.05) is 16.8 Å². The lowest BCUT2D eigenvalue weighted by atomic mass is 10.2. The van der Waals surface area contributed by atoms with Gasteiger partial charge in [0.25, 0.3) is 5.91 Å². The van der Waals surface area contributed by atoms with Crippen LogP contribution in [0.25, 0.3) is 0 Å². The van der Waals surface area contributed by atoms with Crippen molar-refractivity contribution in [3.8, 4) is 0 Å². The summed E-state index contributed by atoms with van der Waals surface area (Å²) < 4.78 is 15.9. The summed E-state index contributed by atoms with van der Waals surface area (Å²) in [6, 6.07) is 1.96. The molecule has 2 atom stereocenters. The third-order valence-electron chi connectivity index (χ3n) is 3.65. The third kappa shape index (κ3) is 5.93. The summed E-state index contributed by atoms with van der Waals surface area (Å²) in [5.74, 6) is -0.767. The van der Waals surface area contributed by atoms with E-state index in [9.17, 15) is 9.59 Å². The van der Waals surface area contributed by atoms with Gasteiger partial charge in [-0.1, -0.05) is 0 Å². The van der Waals surface area contributed by atoms with Gasteiger partial charge in [0.1, 0.15) is 0 Å². The molecule has 0 saturated carbocycles. The minimum absolute atomic E-state index is 0.0589. The molecule has 0 radical (unpaired) electrons. The van der Waals surface area contributed by atoms with Gasteiger partial charge in [-0.25, -0.2) is 4.79 Å². The van der Waals surface area contributed by atoms with E-state index in [2.05, 4.69) is 0 Å². The van der Waals surface area contributed by atoms with Crippen LogP contribution < -0.4 is 0 Å². The summed E-state index contributed by atoms with van der Waals surface area (Å²) in [7, 11) is 1.69. The van der Waals surface area contributed by atoms with E-state index in [0.717, 1.165) is 25.0 Å². The third-order valence-corrected chi connectivity index (χ3v) is 4.38. The second-order valence-corrected chi connectivity index (χ2v) is 6.38. The van der Waals surface area contributed by atoms with Crippen LogP contribution in [0.5, 0.6) is 0 Å². The number of carbonyl (C=O) groups excluding carboxylic acids is 2. The zero-order valence-electron chi connectivity index (χ0n) is 13.5. The minimum Gasteiger partial charge on any atom is -0.454 e. The van der Waals surface area contributed by atoms with Gasteiger partial charge in [-0.2, -0.15) is 11.3 Å². The lowest BCUT2D eigenvalue weighted by Crippen LogP contribution is -2.33. The second-order valence-electron chi connectivity index (χ2n) is 5.60. The molecule has 0 aliphatic carbocycles. The Morgan fingerprint density at radius 2 is 2.35 bits per heavy atom. The van der Waals surface area contributed by atoms with Gasteiger partial charge < -0.3 is 19.1 Å². The Morgan fingerprint density at radius 3 is 3.00 bits per heavy atom. The standard InChI is InChI=1S/C16H23NO5S/c1-12(21-9-14-4-3-6-20-14)16(19)22-10-15(18)17(2)8-13-5-7-23-11-13/h5,7,11-12,14H,3-4,6,8-10H2,1-2H3. The highest BCUT2D eigenvalue weighted by Crippen LogP contribution is 2.13. The van der Waals surface area contributed by atoms with Crippen molar-refractivity contribution in [1.82, 2.24) is 4.90 Å². The SMILES string of the molecule is CC(OCC1CCCO1)C(=O)OCC(=O)N(C)Cc1ccsc1. The van der Waals surface area contributed by atoms with Gasteiger partial charge in [0, 0.05) is 20.2 Å². The Kier molecular flexibility index (Phi) is 7.01. The molecule has 2 heterocycles. The molecule has 23 heavy (non-hydrogen) atoms. The van der Waals surface area contributed by atoms with Crippen molar-refractivity contribution in [3.63, 3.8) is 0 Å². The molecule has 0 spiro atoms. The monoisotopic (exact) mass is 341 g/mol. The number of likely N-dealkylation sites (N-methyl/N-ethyl adjacent to an activating group) is 1. The number of hydrogen-bond acceptors (Lipinski definition) is 6. The molecular formula is C16H23NO5S. The summed E-state index contributed by atoms with van der Waals surface area (Å²) in [4.78, 5) is 25.3. The number of hydrogen-bond donors (Lipinski definition) is 0. The van der Waals surface area contributed by atoms with Crippen LogP contribution in [-0.4, -0.2) is 55.9 Å². The van der Waals surface area contributed by atoms with E-state index in [1.54, 1.807) is 25.3 Å².